The predicted octanol–water partition coefficient (Wildman–Crippen LogP) is -0.0898. The van der Waals surface area contributed by atoms with Gasteiger partial charge in [0, 0.05) is 0 Å². The standard InChI is InChI=1S/C3H4N2S/c4-1-2-3(5)6-2/h2-3H,5H2. The zero-order chi connectivity index (χ0) is 4.57. The molecule has 1 aliphatic rings. The van der Waals surface area contributed by atoms with Crippen LogP contribution in [0.2, 0.25) is 0 Å². The Morgan fingerprint density at radius 2 is 2.33 bits per heavy atom. The van der Waals surface area contributed by atoms with Crippen LogP contribution in [0.1, 0.15) is 0 Å². The molecule has 3 heteroatoms. The second-order valence-electron chi connectivity index (χ2n) is 1.15. The van der Waals surface area contributed by atoms with Crippen molar-refractivity contribution < 1.29 is 0 Å². The van der Waals surface area contributed by atoms with E-state index in [1.165, 1.54) is 11.8 Å². The Morgan fingerprint density at radius 1 is 1.83 bits per heavy atom. The number of rotatable bonds is 0. The molecule has 2 atom stereocenters. The van der Waals surface area contributed by atoms with E-state index in [9.17, 15) is 0 Å². The first kappa shape index (κ1) is 3.97. The van der Waals surface area contributed by atoms with Crippen LogP contribution in [0.5, 0.6) is 0 Å². The van der Waals surface area contributed by atoms with E-state index in [-0.39, 0.29) is 10.6 Å². The van der Waals surface area contributed by atoms with E-state index in [0.29, 0.717) is 0 Å². The average molecular weight is 100 g/mol. The molecule has 1 heterocycles. The van der Waals surface area contributed by atoms with Gasteiger partial charge in [0.15, 0.2) is 0 Å². The van der Waals surface area contributed by atoms with E-state index in [0.717, 1.165) is 0 Å². The van der Waals surface area contributed by atoms with Crippen LogP contribution in [0.3, 0.4) is 0 Å². The molecule has 2 unspecified atom stereocenters. The summed E-state index contributed by atoms with van der Waals surface area (Å²) in [5.74, 6) is 0. The van der Waals surface area contributed by atoms with Crippen molar-refractivity contribution in [1.82, 2.24) is 0 Å². The van der Waals surface area contributed by atoms with E-state index in [1.54, 1.807) is 0 Å². The molecule has 1 aliphatic heterocycles. The summed E-state index contributed by atoms with van der Waals surface area (Å²) in [5.41, 5.74) is 5.22. The smallest absolute Gasteiger partial charge is 0.118 e. The number of hydrogen-bond acceptors (Lipinski definition) is 3. The van der Waals surface area contributed by atoms with Crippen LogP contribution < -0.4 is 5.73 Å². The number of nitriles is 1. The molecule has 2 N–H and O–H groups in total. The van der Waals surface area contributed by atoms with Crippen LogP contribution in [-0.2, 0) is 0 Å². The maximum absolute atomic E-state index is 8.03. The lowest BCUT2D eigenvalue weighted by atomic mass is 10.5. The van der Waals surface area contributed by atoms with Gasteiger partial charge in [-0.15, -0.1) is 11.8 Å². The second kappa shape index (κ2) is 1.14. The Hall–Kier alpha value is -0.200. The quantitative estimate of drug-likeness (QED) is 0.433. The van der Waals surface area contributed by atoms with Gasteiger partial charge in [-0.05, 0) is 0 Å². The van der Waals surface area contributed by atoms with Crippen molar-refractivity contribution in [1.29, 1.82) is 5.26 Å². The zero-order valence-electron chi connectivity index (χ0n) is 3.09. The molecule has 1 fully saturated rings. The molecular formula is C3H4N2S. The van der Waals surface area contributed by atoms with Gasteiger partial charge in [-0.2, -0.15) is 5.26 Å². The van der Waals surface area contributed by atoms with Crippen LogP contribution in [0.15, 0.2) is 0 Å². The molecule has 0 radical (unpaired) electrons. The van der Waals surface area contributed by atoms with Gasteiger partial charge in [-0.3, -0.25) is 0 Å². The topological polar surface area (TPSA) is 49.8 Å². The Morgan fingerprint density at radius 3 is 2.33 bits per heavy atom. The molecule has 0 aromatic rings. The van der Waals surface area contributed by atoms with Crippen molar-refractivity contribution in [3.8, 4) is 6.07 Å². The van der Waals surface area contributed by atoms with Crippen molar-refractivity contribution in [3.63, 3.8) is 0 Å². The highest BCUT2D eigenvalue weighted by Crippen LogP contribution is 2.35. The molecule has 0 bridgehead atoms. The second-order valence-corrected chi connectivity index (χ2v) is 2.47. The van der Waals surface area contributed by atoms with E-state index >= 15 is 0 Å². The normalized spacial score (nSPS) is 41.3. The summed E-state index contributed by atoms with van der Waals surface area (Å²) >= 11 is 1.51. The summed E-state index contributed by atoms with van der Waals surface area (Å²) in [7, 11) is 0. The van der Waals surface area contributed by atoms with Crippen LogP contribution in [0.25, 0.3) is 0 Å². The van der Waals surface area contributed by atoms with Gasteiger partial charge in [0.25, 0.3) is 0 Å². The van der Waals surface area contributed by atoms with Crippen molar-refractivity contribution in [3.05, 3.63) is 0 Å². The number of nitrogens with two attached hydrogens (primary N) is 1. The highest BCUT2D eigenvalue weighted by Gasteiger charge is 2.34. The fraction of sp³-hybridized carbons (Fsp3) is 0.667. The number of nitrogens with zero attached hydrogens (tertiary/aromatic N) is 1. The van der Waals surface area contributed by atoms with Gasteiger partial charge in [0.1, 0.15) is 5.25 Å². The van der Waals surface area contributed by atoms with Gasteiger partial charge < -0.3 is 5.73 Å². The van der Waals surface area contributed by atoms with Gasteiger partial charge in [-0.1, -0.05) is 0 Å². The molecular weight excluding hydrogens is 96.1 g/mol. The minimum Gasteiger partial charge on any atom is -0.318 e. The molecule has 0 aromatic heterocycles. The molecule has 0 aliphatic carbocycles. The highest BCUT2D eigenvalue weighted by molar-refractivity contribution is 8.07. The first-order valence-electron chi connectivity index (χ1n) is 1.65. The van der Waals surface area contributed by atoms with Crippen molar-refractivity contribution in [2.24, 2.45) is 5.73 Å². The monoisotopic (exact) mass is 100 g/mol. The summed E-state index contributed by atoms with van der Waals surface area (Å²) < 4.78 is 0. The van der Waals surface area contributed by atoms with Crippen molar-refractivity contribution in [2.75, 3.05) is 0 Å². The average Bonchev–Trinajstić information content (AvgIpc) is 2.19. The van der Waals surface area contributed by atoms with Gasteiger partial charge >= 0.3 is 0 Å². The zero-order valence-corrected chi connectivity index (χ0v) is 3.90. The maximum Gasteiger partial charge on any atom is 0.118 e. The summed E-state index contributed by atoms with van der Waals surface area (Å²) in [4.78, 5) is 0. The highest BCUT2D eigenvalue weighted by atomic mass is 32.2. The Balaban J connectivity index is 2.31. The molecule has 0 aromatic carbocycles. The van der Waals surface area contributed by atoms with Gasteiger partial charge in [-0.25, -0.2) is 0 Å². The predicted molar refractivity (Wildman–Crippen MR) is 25.0 cm³/mol. The molecule has 32 valence electrons. The number of thioether (sulfide) groups is 1. The van der Waals surface area contributed by atoms with Crippen LogP contribution in [-0.4, -0.2) is 10.6 Å². The minimum absolute atomic E-state index is 0.102. The third kappa shape index (κ3) is 0.490. The summed E-state index contributed by atoms with van der Waals surface area (Å²) in [6.45, 7) is 0. The lowest BCUT2D eigenvalue weighted by Gasteiger charge is -1.63. The van der Waals surface area contributed by atoms with E-state index in [1.807, 2.05) is 6.07 Å². The largest absolute Gasteiger partial charge is 0.318 e. The first-order chi connectivity index (χ1) is 2.84. The fourth-order valence-electron chi connectivity index (χ4n) is 0.228. The van der Waals surface area contributed by atoms with Crippen molar-refractivity contribution in [2.45, 2.75) is 10.6 Å². The SMILES string of the molecule is N#CC1SC1N. The Bertz CT molecular complexity index is 95.5. The van der Waals surface area contributed by atoms with Crippen LogP contribution in [0.4, 0.5) is 0 Å². The first-order valence-corrected chi connectivity index (χ1v) is 2.59. The lowest BCUT2D eigenvalue weighted by molar-refractivity contribution is 1.07. The molecule has 1 rings (SSSR count). The third-order valence-corrected chi connectivity index (χ3v) is 1.62. The van der Waals surface area contributed by atoms with Gasteiger partial charge in [0.2, 0.25) is 0 Å². The lowest BCUT2D eigenvalue weighted by Crippen LogP contribution is -2.02. The third-order valence-electron chi connectivity index (χ3n) is 0.653. The number of hydrogen-bond donors (Lipinski definition) is 1. The van der Waals surface area contributed by atoms with E-state index < -0.39 is 0 Å². The molecule has 1 saturated heterocycles. The summed E-state index contributed by atoms with van der Waals surface area (Å²) in [6.07, 6.45) is 0. The molecule has 6 heavy (non-hydrogen) atoms. The maximum atomic E-state index is 8.03. The molecule has 2 nitrogen and oxygen atoms in total. The van der Waals surface area contributed by atoms with E-state index in [4.69, 9.17) is 11.0 Å². The molecule has 0 saturated carbocycles. The van der Waals surface area contributed by atoms with Crippen LogP contribution >= 0.6 is 11.8 Å². The summed E-state index contributed by atoms with van der Waals surface area (Å²) in [6, 6.07) is 2.03. The summed E-state index contributed by atoms with van der Waals surface area (Å²) in [5, 5.41) is 8.25. The fourth-order valence-corrected chi connectivity index (χ4v) is 0.597. The van der Waals surface area contributed by atoms with E-state index in [2.05, 4.69) is 0 Å². The van der Waals surface area contributed by atoms with Gasteiger partial charge in [0.05, 0.1) is 11.4 Å². The molecule has 0 amide bonds. The van der Waals surface area contributed by atoms with Crippen LogP contribution in [0, 0.1) is 11.3 Å². The van der Waals surface area contributed by atoms with Crippen molar-refractivity contribution >= 4 is 11.8 Å². The Labute approximate surface area is 40.3 Å². The minimum atomic E-state index is 0.102. The Kier molecular flexibility index (Phi) is 0.754. The molecule has 0 spiro atoms.